The molecule has 3 heteroatoms. The molecule has 6 aromatic carbocycles. The van der Waals surface area contributed by atoms with Crippen molar-refractivity contribution in [3.8, 4) is 39.4 Å². The minimum Gasteiger partial charge on any atom is -0.192 e. The first-order chi connectivity index (χ1) is 19.8. The summed E-state index contributed by atoms with van der Waals surface area (Å²) in [4.78, 5) is 0. The molecule has 0 aliphatic rings. The summed E-state index contributed by atoms with van der Waals surface area (Å²) in [6.45, 7) is 0. The molecule has 0 saturated heterocycles. The quantitative estimate of drug-likeness (QED) is 0.217. The Balaban J connectivity index is 1.38. The average molecular weight is 544 g/mol. The maximum atomic E-state index is 10.0. The maximum absolute atomic E-state index is 10.0. The molecule has 0 fully saturated rings. The van der Waals surface area contributed by atoms with E-state index in [0.29, 0.717) is 5.56 Å². The van der Waals surface area contributed by atoms with Gasteiger partial charge in [-0.3, -0.25) is 0 Å². The molecule has 0 unspecified atom stereocenters. The van der Waals surface area contributed by atoms with E-state index in [1.165, 1.54) is 45.9 Å². The van der Waals surface area contributed by atoms with Crippen molar-refractivity contribution in [1.82, 2.24) is 0 Å². The Morgan fingerprint density at radius 1 is 0.425 bits per heavy atom. The van der Waals surface area contributed by atoms with Gasteiger partial charge in [0.25, 0.3) is 0 Å². The van der Waals surface area contributed by atoms with Crippen LogP contribution in [0.3, 0.4) is 0 Å². The molecular weight excluding hydrogens is 523 g/mol. The topological polar surface area (TPSA) is 23.8 Å². The highest BCUT2D eigenvalue weighted by Gasteiger charge is 2.16. The summed E-state index contributed by atoms with van der Waals surface area (Å²) in [5.41, 5.74) is 7.40. The van der Waals surface area contributed by atoms with E-state index in [9.17, 15) is 5.26 Å². The lowest BCUT2D eigenvalue weighted by Gasteiger charge is -2.15. The van der Waals surface area contributed by atoms with Crippen molar-refractivity contribution in [1.29, 1.82) is 5.26 Å². The van der Waals surface area contributed by atoms with Crippen molar-refractivity contribution < 1.29 is 0 Å². The molecule has 0 saturated carbocycles. The standard InChI is InChI=1S/C37H21NS2/c38-22-25-8-1-2-9-26(25)33-20-23(28-12-7-13-32-30-11-4-6-15-35(30)40-37(28)32)16-18-27(33)24-17-19-31-29-10-3-5-14-34(29)39-36(31)21-24/h1-21H. The van der Waals surface area contributed by atoms with E-state index in [1.54, 1.807) is 0 Å². The van der Waals surface area contributed by atoms with Crippen LogP contribution in [-0.4, -0.2) is 0 Å². The summed E-state index contributed by atoms with van der Waals surface area (Å²) in [6.07, 6.45) is 0. The summed E-state index contributed by atoms with van der Waals surface area (Å²) in [5.74, 6) is 0. The summed E-state index contributed by atoms with van der Waals surface area (Å²) in [7, 11) is 0. The van der Waals surface area contributed by atoms with Crippen molar-refractivity contribution in [2.45, 2.75) is 0 Å². The third-order valence-corrected chi connectivity index (χ3v) is 10.1. The molecular formula is C37H21NS2. The number of benzene rings is 6. The number of hydrogen-bond acceptors (Lipinski definition) is 3. The normalized spacial score (nSPS) is 11.5. The van der Waals surface area contributed by atoms with Gasteiger partial charge in [-0.05, 0) is 58.1 Å². The van der Waals surface area contributed by atoms with E-state index in [-0.39, 0.29) is 0 Å². The van der Waals surface area contributed by atoms with Crippen molar-refractivity contribution in [3.63, 3.8) is 0 Å². The molecule has 186 valence electrons. The highest BCUT2D eigenvalue weighted by Crippen LogP contribution is 2.44. The molecule has 0 radical (unpaired) electrons. The van der Waals surface area contributed by atoms with Gasteiger partial charge in [0.15, 0.2) is 0 Å². The SMILES string of the molecule is N#Cc1ccccc1-c1cc(-c2cccc3c2sc2ccccc23)ccc1-c1ccc2c(c1)sc1ccccc12. The summed E-state index contributed by atoms with van der Waals surface area (Å²) >= 11 is 3.68. The van der Waals surface area contributed by atoms with Crippen molar-refractivity contribution in [2.24, 2.45) is 0 Å². The van der Waals surface area contributed by atoms with Gasteiger partial charge >= 0.3 is 0 Å². The van der Waals surface area contributed by atoms with Crippen LogP contribution in [0, 0.1) is 11.3 Å². The van der Waals surface area contributed by atoms with Crippen LogP contribution in [0.5, 0.6) is 0 Å². The first-order valence-corrected chi connectivity index (χ1v) is 14.9. The number of thiophene rings is 2. The predicted molar refractivity (Wildman–Crippen MR) is 173 cm³/mol. The van der Waals surface area contributed by atoms with Crippen molar-refractivity contribution >= 4 is 63.0 Å². The molecule has 0 bridgehead atoms. The van der Waals surface area contributed by atoms with Crippen LogP contribution in [0.15, 0.2) is 127 Å². The number of nitrogens with zero attached hydrogens (tertiary/aromatic N) is 1. The molecule has 0 aliphatic heterocycles. The second-order valence-electron chi connectivity index (χ2n) is 10.0. The molecule has 0 atom stereocenters. The van der Waals surface area contributed by atoms with Crippen LogP contribution in [0.2, 0.25) is 0 Å². The maximum Gasteiger partial charge on any atom is 0.0998 e. The number of fused-ring (bicyclic) bond motifs is 6. The molecule has 0 spiro atoms. The average Bonchev–Trinajstić information content (AvgIpc) is 3.58. The van der Waals surface area contributed by atoms with Gasteiger partial charge in [0.1, 0.15) is 0 Å². The third-order valence-electron chi connectivity index (χ3n) is 7.76. The molecule has 2 heterocycles. The zero-order valence-electron chi connectivity index (χ0n) is 21.4. The van der Waals surface area contributed by atoms with E-state index in [4.69, 9.17) is 0 Å². The summed E-state index contributed by atoms with van der Waals surface area (Å²) < 4.78 is 5.17. The van der Waals surface area contributed by atoms with Gasteiger partial charge in [-0.15, -0.1) is 22.7 Å². The molecule has 8 rings (SSSR count). The fraction of sp³-hybridized carbons (Fsp3) is 0. The highest BCUT2D eigenvalue weighted by atomic mass is 32.1. The van der Waals surface area contributed by atoms with Gasteiger partial charge in [0, 0.05) is 45.9 Å². The van der Waals surface area contributed by atoms with E-state index >= 15 is 0 Å². The third kappa shape index (κ3) is 3.58. The molecule has 1 nitrogen and oxygen atoms in total. The zero-order valence-corrected chi connectivity index (χ0v) is 23.0. The van der Waals surface area contributed by atoms with Crippen LogP contribution in [0.4, 0.5) is 0 Å². The molecule has 0 amide bonds. The fourth-order valence-corrected chi connectivity index (χ4v) is 8.25. The van der Waals surface area contributed by atoms with Gasteiger partial charge in [-0.25, -0.2) is 0 Å². The Bertz CT molecular complexity index is 2290. The Morgan fingerprint density at radius 2 is 1.05 bits per heavy atom. The van der Waals surface area contributed by atoms with Gasteiger partial charge in [0.2, 0.25) is 0 Å². The van der Waals surface area contributed by atoms with Gasteiger partial charge < -0.3 is 0 Å². The smallest absolute Gasteiger partial charge is 0.0998 e. The Morgan fingerprint density at radius 3 is 1.90 bits per heavy atom. The lowest BCUT2D eigenvalue weighted by Crippen LogP contribution is -1.90. The summed E-state index contributed by atoms with van der Waals surface area (Å²) in [5, 5.41) is 15.2. The second kappa shape index (κ2) is 9.17. The Labute approximate surface area is 239 Å². The largest absolute Gasteiger partial charge is 0.192 e. The van der Waals surface area contributed by atoms with Gasteiger partial charge in [-0.2, -0.15) is 5.26 Å². The minimum atomic E-state index is 0.684. The van der Waals surface area contributed by atoms with E-state index in [2.05, 4.69) is 115 Å². The van der Waals surface area contributed by atoms with E-state index in [0.717, 1.165) is 27.8 Å². The number of nitriles is 1. The van der Waals surface area contributed by atoms with Gasteiger partial charge in [-0.1, -0.05) is 97.1 Å². The molecule has 0 aliphatic carbocycles. The van der Waals surface area contributed by atoms with Crippen molar-refractivity contribution in [2.75, 3.05) is 0 Å². The zero-order chi connectivity index (χ0) is 26.6. The summed E-state index contributed by atoms with van der Waals surface area (Å²) in [6, 6.07) is 47.7. The van der Waals surface area contributed by atoms with Crippen LogP contribution >= 0.6 is 22.7 Å². The van der Waals surface area contributed by atoms with E-state index < -0.39 is 0 Å². The van der Waals surface area contributed by atoms with Crippen LogP contribution in [0.25, 0.3) is 73.7 Å². The second-order valence-corrected chi connectivity index (χ2v) is 12.1. The lowest BCUT2D eigenvalue weighted by atomic mass is 9.89. The first kappa shape index (κ1) is 23.2. The number of rotatable bonds is 3. The molecule has 40 heavy (non-hydrogen) atoms. The highest BCUT2D eigenvalue weighted by molar-refractivity contribution is 7.26. The monoisotopic (exact) mass is 543 g/mol. The molecule has 2 aromatic heterocycles. The van der Waals surface area contributed by atoms with Gasteiger partial charge in [0.05, 0.1) is 11.6 Å². The lowest BCUT2D eigenvalue weighted by molar-refractivity contribution is 1.48. The fourth-order valence-electron chi connectivity index (χ4n) is 5.87. The van der Waals surface area contributed by atoms with E-state index in [1.807, 2.05) is 40.9 Å². The first-order valence-electron chi connectivity index (χ1n) is 13.2. The van der Waals surface area contributed by atoms with Crippen LogP contribution in [0.1, 0.15) is 5.56 Å². The van der Waals surface area contributed by atoms with Crippen LogP contribution < -0.4 is 0 Å². The predicted octanol–water partition coefficient (Wildman–Crippen LogP) is 11.3. The van der Waals surface area contributed by atoms with Crippen molar-refractivity contribution in [3.05, 3.63) is 133 Å². The Kier molecular flexibility index (Phi) is 5.31. The molecule has 8 aromatic rings. The minimum absolute atomic E-state index is 0.684. The number of hydrogen-bond donors (Lipinski definition) is 0. The Hall–Kier alpha value is -4.75. The molecule has 0 N–H and O–H groups in total. The van der Waals surface area contributed by atoms with Crippen LogP contribution in [-0.2, 0) is 0 Å².